The van der Waals surface area contributed by atoms with Crippen LogP contribution in [0.25, 0.3) is 11.3 Å². The molecule has 0 atom stereocenters. The molecule has 1 amide bonds. The molecule has 8 heteroatoms. The first-order valence-corrected chi connectivity index (χ1v) is 12.1. The highest BCUT2D eigenvalue weighted by Crippen LogP contribution is 2.39. The summed E-state index contributed by atoms with van der Waals surface area (Å²) in [5, 5.41) is 6.36. The number of hydrogen-bond donors (Lipinski definition) is 2. The fraction of sp³-hybridized carbons (Fsp3) is 0.154. The number of anilines is 2. The molecule has 174 valence electrons. The lowest BCUT2D eigenvalue weighted by molar-refractivity contribution is -0.110. The topological polar surface area (TPSA) is 70.7 Å². The minimum atomic E-state index is -0.455. The summed E-state index contributed by atoms with van der Waals surface area (Å²) in [4.78, 5) is 27.2. The summed E-state index contributed by atoms with van der Waals surface area (Å²) in [7, 11) is 5.37. The van der Waals surface area contributed by atoms with Crippen LogP contribution in [0.5, 0.6) is 0 Å². The maximum Gasteiger partial charge on any atom is 0.337 e. The van der Waals surface area contributed by atoms with E-state index in [2.05, 4.69) is 47.4 Å². The first-order valence-electron chi connectivity index (χ1n) is 10.5. The molecular formula is C26H23Br2N3O3. The molecule has 0 saturated heterocycles. The van der Waals surface area contributed by atoms with E-state index in [1.54, 1.807) is 18.2 Å². The van der Waals surface area contributed by atoms with Gasteiger partial charge >= 0.3 is 5.97 Å². The molecule has 34 heavy (non-hydrogen) atoms. The summed E-state index contributed by atoms with van der Waals surface area (Å²) >= 11 is 7.37. The van der Waals surface area contributed by atoms with Crippen LogP contribution in [0.15, 0.2) is 69.6 Å². The monoisotopic (exact) mass is 583 g/mol. The SMILES string of the molecule is COC(=O)c1ccc2c(c1)NC(=O)/C2=C(/Nc1cc(Br)c(CN(C)C)c(Br)c1)c1ccccc1. The van der Waals surface area contributed by atoms with Gasteiger partial charge in [-0.05, 0) is 49.5 Å². The Bertz CT molecular complexity index is 1280. The van der Waals surface area contributed by atoms with Gasteiger partial charge in [0.2, 0.25) is 0 Å². The largest absolute Gasteiger partial charge is 0.465 e. The number of methoxy groups -OCH3 is 1. The van der Waals surface area contributed by atoms with E-state index in [0.717, 1.165) is 32.3 Å². The molecule has 3 aromatic rings. The molecule has 1 aliphatic heterocycles. The standard InChI is InChI=1S/C26H23Br2N3O3/c1-31(2)14-19-20(27)12-17(13-21(19)28)29-24(15-7-5-4-6-8-15)23-18-10-9-16(26(33)34-3)11-22(18)30-25(23)32/h4-13,29H,14H2,1-3H3,(H,30,32)/b24-23+. The number of fused-ring (bicyclic) bond motifs is 1. The predicted octanol–water partition coefficient (Wildman–Crippen LogP) is 5.99. The highest BCUT2D eigenvalue weighted by molar-refractivity contribution is 9.11. The average Bonchev–Trinajstić information content (AvgIpc) is 3.14. The van der Waals surface area contributed by atoms with Gasteiger partial charge in [-0.1, -0.05) is 68.3 Å². The third-order valence-corrected chi connectivity index (χ3v) is 6.80. The van der Waals surface area contributed by atoms with E-state index < -0.39 is 5.97 Å². The highest BCUT2D eigenvalue weighted by Gasteiger charge is 2.29. The molecular weight excluding hydrogens is 562 g/mol. The Kier molecular flexibility index (Phi) is 7.21. The van der Waals surface area contributed by atoms with Crippen molar-refractivity contribution in [1.82, 2.24) is 4.90 Å². The van der Waals surface area contributed by atoms with Crippen LogP contribution >= 0.6 is 31.9 Å². The van der Waals surface area contributed by atoms with Crippen LogP contribution in [0.3, 0.4) is 0 Å². The van der Waals surface area contributed by atoms with Gasteiger partial charge in [-0.3, -0.25) is 4.79 Å². The van der Waals surface area contributed by atoms with Gasteiger partial charge < -0.3 is 20.3 Å². The second-order valence-electron chi connectivity index (χ2n) is 8.10. The van der Waals surface area contributed by atoms with Crippen molar-refractivity contribution in [3.8, 4) is 0 Å². The number of hydrogen-bond acceptors (Lipinski definition) is 5. The van der Waals surface area contributed by atoms with Crippen molar-refractivity contribution in [2.75, 3.05) is 31.8 Å². The van der Waals surface area contributed by atoms with Gasteiger partial charge in [0.05, 0.1) is 29.6 Å². The second kappa shape index (κ2) is 10.1. The van der Waals surface area contributed by atoms with E-state index in [9.17, 15) is 9.59 Å². The molecule has 0 aromatic heterocycles. The molecule has 0 bridgehead atoms. The number of rotatable bonds is 6. The molecule has 0 fully saturated rings. The minimum absolute atomic E-state index is 0.245. The normalized spacial score (nSPS) is 14.0. The van der Waals surface area contributed by atoms with Crippen molar-refractivity contribution < 1.29 is 14.3 Å². The minimum Gasteiger partial charge on any atom is -0.465 e. The first kappa shape index (κ1) is 24.2. The zero-order valence-electron chi connectivity index (χ0n) is 18.9. The molecule has 0 spiro atoms. The summed E-state index contributed by atoms with van der Waals surface area (Å²) in [6.07, 6.45) is 0. The van der Waals surface area contributed by atoms with Crippen molar-refractivity contribution in [3.63, 3.8) is 0 Å². The maximum absolute atomic E-state index is 13.1. The summed E-state index contributed by atoms with van der Waals surface area (Å²) in [6, 6.07) is 18.8. The first-order chi connectivity index (χ1) is 16.3. The van der Waals surface area contributed by atoms with Crippen LogP contribution in [0, 0.1) is 0 Å². The number of halogens is 2. The number of carbonyl (C=O) groups excluding carboxylic acids is 2. The molecule has 0 radical (unpaired) electrons. The quantitative estimate of drug-likeness (QED) is 0.275. The Hall–Kier alpha value is -2.94. The fourth-order valence-corrected chi connectivity index (χ4v) is 5.27. The molecule has 0 unspecified atom stereocenters. The maximum atomic E-state index is 13.1. The molecule has 1 aliphatic rings. The molecule has 2 N–H and O–H groups in total. The molecule has 0 aliphatic carbocycles. The lowest BCUT2D eigenvalue weighted by Crippen LogP contribution is -2.12. The van der Waals surface area contributed by atoms with Gasteiger partial charge in [0.1, 0.15) is 0 Å². The van der Waals surface area contributed by atoms with Crippen molar-refractivity contribution in [3.05, 3.63) is 91.9 Å². The Labute approximate surface area is 215 Å². The average molecular weight is 585 g/mol. The number of nitrogens with one attached hydrogen (secondary N) is 2. The predicted molar refractivity (Wildman–Crippen MR) is 143 cm³/mol. The highest BCUT2D eigenvalue weighted by atomic mass is 79.9. The molecule has 1 heterocycles. The lowest BCUT2D eigenvalue weighted by atomic mass is 9.99. The van der Waals surface area contributed by atoms with E-state index in [-0.39, 0.29) is 5.91 Å². The third kappa shape index (κ3) is 4.94. The van der Waals surface area contributed by atoms with Crippen LogP contribution in [-0.4, -0.2) is 38.0 Å². The van der Waals surface area contributed by atoms with Gasteiger partial charge in [0.15, 0.2) is 0 Å². The van der Waals surface area contributed by atoms with Crippen LogP contribution in [0.4, 0.5) is 11.4 Å². The Morgan fingerprint density at radius 2 is 1.68 bits per heavy atom. The summed E-state index contributed by atoms with van der Waals surface area (Å²) < 4.78 is 6.72. The van der Waals surface area contributed by atoms with Crippen molar-refractivity contribution in [2.24, 2.45) is 0 Å². The second-order valence-corrected chi connectivity index (χ2v) is 9.81. The van der Waals surface area contributed by atoms with Crippen molar-refractivity contribution in [1.29, 1.82) is 0 Å². The Morgan fingerprint density at radius 1 is 1.00 bits per heavy atom. The van der Waals surface area contributed by atoms with E-state index in [1.165, 1.54) is 7.11 Å². The fourth-order valence-electron chi connectivity index (χ4n) is 3.84. The number of nitrogens with zero attached hydrogens (tertiary/aromatic N) is 1. The van der Waals surface area contributed by atoms with Gasteiger partial charge in [-0.15, -0.1) is 0 Å². The molecule has 6 nitrogen and oxygen atoms in total. The summed E-state index contributed by atoms with van der Waals surface area (Å²) in [5.74, 6) is -0.700. The van der Waals surface area contributed by atoms with Gasteiger partial charge in [0.25, 0.3) is 5.91 Å². The van der Waals surface area contributed by atoms with E-state index >= 15 is 0 Å². The summed E-state index contributed by atoms with van der Waals surface area (Å²) in [6.45, 7) is 0.770. The van der Waals surface area contributed by atoms with E-state index in [4.69, 9.17) is 4.74 Å². The molecule has 4 rings (SSSR count). The Balaban J connectivity index is 1.84. The van der Waals surface area contributed by atoms with Crippen LogP contribution < -0.4 is 10.6 Å². The van der Waals surface area contributed by atoms with Crippen LogP contribution in [0.2, 0.25) is 0 Å². The third-order valence-electron chi connectivity index (χ3n) is 5.38. The van der Waals surface area contributed by atoms with E-state index in [0.29, 0.717) is 28.1 Å². The zero-order chi connectivity index (χ0) is 24.4. The summed E-state index contributed by atoms with van der Waals surface area (Å²) in [5.41, 5.74) is 5.64. The van der Waals surface area contributed by atoms with Gasteiger partial charge in [-0.2, -0.15) is 0 Å². The van der Waals surface area contributed by atoms with Gasteiger partial charge in [0, 0.05) is 26.7 Å². The number of ether oxygens (including phenoxy) is 1. The van der Waals surface area contributed by atoms with Crippen molar-refractivity contribution in [2.45, 2.75) is 6.54 Å². The van der Waals surface area contributed by atoms with Gasteiger partial charge in [-0.25, -0.2) is 4.79 Å². The van der Waals surface area contributed by atoms with E-state index in [1.807, 2.05) is 56.6 Å². The lowest BCUT2D eigenvalue weighted by Gasteiger charge is -2.18. The molecule has 0 saturated carbocycles. The zero-order valence-corrected chi connectivity index (χ0v) is 22.1. The number of esters is 1. The van der Waals surface area contributed by atoms with Crippen molar-refractivity contribution >= 4 is 66.4 Å². The van der Waals surface area contributed by atoms with Crippen LogP contribution in [-0.2, 0) is 16.1 Å². The van der Waals surface area contributed by atoms with Crippen LogP contribution in [0.1, 0.15) is 27.0 Å². The number of benzene rings is 3. The smallest absolute Gasteiger partial charge is 0.337 e. The molecule has 3 aromatic carbocycles. The Morgan fingerprint density at radius 3 is 2.29 bits per heavy atom. The number of amides is 1. The number of carbonyl (C=O) groups is 2.